The zero-order valence-electron chi connectivity index (χ0n) is 14.3. The van der Waals surface area contributed by atoms with Crippen molar-refractivity contribution in [2.45, 2.75) is 11.8 Å². The zero-order chi connectivity index (χ0) is 18.7. The van der Waals surface area contributed by atoms with Crippen molar-refractivity contribution in [3.8, 4) is 0 Å². The summed E-state index contributed by atoms with van der Waals surface area (Å²) in [5.41, 5.74) is 2.57. The quantitative estimate of drug-likeness (QED) is 0.528. The second-order valence-corrected chi connectivity index (χ2v) is 7.91. The normalized spacial score (nSPS) is 15.8. The van der Waals surface area contributed by atoms with Crippen molar-refractivity contribution in [1.82, 2.24) is 4.90 Å². The minimum Gasteiger partial charge on any atom is -0.367 e. The smallest absolute Gasteiger partial charge is 0.295 e. The fourth-order valence-corrected chi connectivity index (χ4v) is 3.87. The molecule has 0 atom stereocenters. The fraction of sp³-hybridized carbons (Fsp3) is 0.158. The molecule has 0 aromatic heterocycles. The van der Waals surface area contributed by atoms with Gasteiger partial charge in [0, 0.05) is 15.6 Å². The van der Waals surface area contributed by atoms with Gasteiger partial charge in [-0.15, -0.1) is 11.8 Å². The lowest BCUT2D eigenvalue weighted by molar-refractivity contribution is -0.122. The first-order valence-electron chi connectivity index (χ1n) is 7.88. The fourth-order valence-electron chi connectivity index (χ4n) is 2.45. The number of anilines is 1. The van der Waals surface area contributed by atoms with Gasteiger partial charge in [-0.2, -0.15) is 0 Å². The monoisotopic (exact) mass is 404 g/mol. The van der Waals surface area contributed by atoms with Crippen LogP contribution >= 0.6 is 35.1 Å². The van der Waals surface area contributed by atoms with Crippen LogP contribution < -0.4 is 5.32 Å². The third-order valence-electron chi connectivity index (χ3n) is 3.98. The summed E-state index contributed by atoms with van der Waals surface area (Å²) in [6.45, 7) is 1.99. The van der Waals surface area contributed by atoms with Crippen LogP contribution in [0, 0.1) is 6.92 Å². The first-order chi connectivity index (χ1) is 12.5. The van der Waals surface area contributed by atoms with Gasteiger partial charge in [0.2, 0.25) is 0 Å². The van der Waals surface area contributed by atoms with Gasteiger partial charge in [0.25, 0.3) is 11.1 Å². The lowest BCUT2D eigenvalue weighted by Crippen LogP contribution is -2.33. The Morgan fingerprint density at radius 3 is 2.62 bits per heavy atom. The number of rotatable bonds is 5. The van der Waals surface area contributed by atoms with E-state index >= 15 is 0 Å². The minimum atomic E-state index is -0.291. The van der Waals surface area contributed by atoms with E-state index in [1.165, 1.54) is 4.90 Å². The lowest BCUT2D eigenvalue weighted by Gasteiger charge is -2.16. The molecular formula is C19H17ClN2O2S2. The molecule has 2 amide bonds. The molecule has 2 aromatic carbocycles. The Labute approximate surface area is 166 Å². The number of hydrogen-bond acceptors (Lipinski definition) is 5. The highest BCUT2D eigenvalue weighted by Gasteiger charge is 2.34. The maximum atomic E-state index is 12.6. The third-order valence-corrected chi connectivity index (χ3v) is 6.04. The number of amides is 2. The average molecular weight is 405 g/mol. The number of hydrogen-bond donors (Lipinski definition) is 1. The Hall–Kier alpha value is -1.89. The molecule has 2 aromatic rings. The zero-order valence-corrected chi connectivity index (χ0v) is 16.7. The first-order valence-corrected chi connectivity index (χ1v) is 10.3. The molecule has 7 heteroatoms. The van der Waals surface area contributed by atoms with Crippen molar-refractivity contribution < 1.29 is 9.59 Å². The van der Waals surface area contributed by atoms with Gasteiger partial charge in [0.15, 0.2) is 0 Å². The van der Waals surface area contributed by atoms with E-state index in [-0.39, 0.29) is 17.8 Å². The summed E-state index contributed by atoms with van der Waals surface area (Å²) < 4.78 is 0. The van der Waals surface area contributed by atoms with E-state index in [1.54, 1.807) is 23.9 Å². The van der Waals surface area contributed by atoms with Crippen LogP contribution in [-0.4, -0.2) is 29.0 Å². The lowest BCUT2D eigenvalue weighted by atomic mass is 10.2. The van der Waals surface area contributed by atoms with Crippen molar-refractivity contribution in [3.63, 3.8) is 0 Å². The summed E-state index contributed by atoms with van der Waals surface area (Å²) in [7, 11) is 0. The first kappa shape index (κ1) is 18.9. The molecule has 3 rings (SSSR count). The van der Waals surface area contributed by atoms with E-state index in [0.29, 0.717) is 9.93 Å². The largest absolute Gasteiger partial charge is 0.367 e. The number of nitrogens with one attached hydrogen (secondary N) is 1. The third kappa shape index (κ3) is 4.09. The number of nitrogens with zero attached hydrogens (tertiary/aromatic N) is 1. The molecule has 134 valence electrons. The van der Waals surface area contributed by atoms with Gasteiger partial charge in [0.05, 0.1) is 11.6 Å². The van der Waals surface area contributed by atoms with E-state index in [0.717, 1.165) is 33.5 Å². The number of benzene rings is 2. The van der Waals surface area contributed by atoms with Crippen molar-refractivity contribution in [3.05, 3.63) is 63.5 Å². The van der Waals surface area contributed by atoms with Gasteiger partial charge in [-0.25, -0.2) is 0 Å². The number of halogens is 1. The molecule has 0 spiro atoms. The molecule has 0 saturated carbocycles. The van der Waals surface area contributed by atoms with Gasteiger partial charge >= 0.3 is 0 Å². The Bertz CT molecular complexity index is 882. The molecule has 1 saturated heterocycles. The molecular weight excluding hydrogens is 388 g/mol. The van der Waals surface area contributed by atoms with Gasteiger partial charge in [-0.3, -0.25) is 14.5 Å². The highest BCUT2D eigenvalue weighted by Crippen LogP contribution is 2.32. The molecule has 0 bridgehead atoms. The van der Waals surface area contributed by atoms with Gasteiger partial charge in [-0.1, -0.05) is 29.8 Å². The molecule has 0 aliphatic carbocycles. The molecule has 0 radical (unpaired) electrons. The Balaban J connectivity index is 1.72. The summed E-state index contributed by atoms with van der Waals surface area (Å²) in [5, 5.41) is 3.47. The van der Waals surface area contributed by atoms with Crippen molar-refractivity contribution in [1.29, 1.82) is 0 Å². The summed E-state index contributed by atoms with van der Waals surface area (Å²) in [6, 6.07) is 13.3. The second-order valence-electron chi connectivity index (χ2n) is 5.63. The maximum Gasteiger partial charge on any atom is 0.295 e. The molecule has 26 heavy (non-hydrogen) atoms. The van der Waals surface area contributed by atoms with Crippen LogP contribution in [0.2, 0.25) is 5.02 Å². The van der Waals surface area contributed by atoms with E-state index in [9.17, 15) is 9.59 Å². The summed E-state index contributed by atoms with van der Waals surface area (Å²) >= 11 is 8.71. The maximum absolute atomic E-state index is 12.6. The standard InChI is InChI=1S/C19H17ClN2O2S2/c1-12-15(20)4-3-5-16(12)21-11-22-18(23)17(26-19(22)24)10-13-6-8-14(25-2)9-7-13/h3-10,21H,11H2,1-2H3/b17-10+. The molecule has 1 fully saturated rings. The average Bonchev–Trinajstić information content (AvgIpc) is 2.90. The van der Waals surface area contributed by atoms with Gasteiger partial charge in [0.1, 0.15) is 0 Å². The number of thioether (sulfide) groups is 2. The van der Waals surface area contributed by atoms with E-state index in [2.05, 4.69) is 5.32 Å². The number of carbonyl (C=O) groups is 2. The van der Waals surface area contributed by atoms with Crippen LogP contribution in [-0.2, 0) is 4.79 Å². The van der Waals surface area contributed by atoms with Crippen LogP contribution in [0.3, 0.4) is 0 Å². The predicted octanol–water partition coefficient (Wildman–Crippen LogP) is 5.48. The van der Waals surface area contributed by atoms with E-state index in [4.69, 9.17) is 11.6 Å². The van der Waals surface area contributed by atoms with Crippen molar-refractivity contribution in [2.75, 3.05) is 18.2 Å². The van der Waals surface area contributed by atoms with Crippen LogP contribution in [0.4, 0.5) is 10.5 Å². The van der Waals surface area contributed by atoms with Crippen molar-refractivity contribution in [2.24, 2.45) is 0 Å². The Morgan fingerprint density at radius 1 is 1.19 bits per heavy atom. The van der Waals surface area contributed by atoms with E-state index in [1.807, 2.05) is 49.6 Å². The molecule has 1 heterocycles. The van der Waals surface area contributed by atoms with E-state index < -0.39 is 0 Å². The second kappa shape index (κ2) is 8.20. The van der Waals surface area contributed by atoms with Crippen molar-refractivity contribution >= 4 is 58.0 Å². The Kier molecular flexibility index (Phi) is 5.96. The van der Waals surface area contributed by atoms with Crippen LogP contribution in [0.1, 0.15) is 11.1 Å². The number of imide groups is 1. The summed E-state index contributed by atoms with van der Waals surface area (Å²) in [6.07, 6.45) is 3.76. The molecule has 4 nitrogen and oxygen atoms in total. The molecule has 0 unspecified atom stereocenters. The summed E-state index contributed by atoms with van der Waals surface area (Å²) in [5.74, 6) is -0.291. The van der Waals surface area contributed by atoms with Crippen LogP contribution in [0.25, 0.3) is 6.08 Å². The molecule has 1 aliphatic rings. The molecule has 1 aliphatic heterocycles. The van der Waals surface area contributed by atoms with Crippen LogP contribution in [0.15, 0.2) is 52.3 Å². The number of carbonyl (C=O) groups excluding carboxylic acids is 2. The highest BCUT2D eigenvalue weighted by molar-refractivity contribution is 8.18. The van der Waals surface area contributed by atoms with Gasteiger partial charge < -0.3 is 5.32 Å². The summed E-state index contributed by atoms with van der Waals surface area (Å²) in [4.78, 5) is 27.6. The predicted molar refractivity (Wildman–Crippen MR) is 111 cm³/mol. The SMILES string of the molecule is CSc1ccc(/C=C2/SC(=O)N(CNc3cccc(Cl)c3C)C2=O)cc1. The Morgan fingerprint density at radius 2 is 1.92 bits per heavy atom. The highest BCUT2D eigenvalue weighted by atomic mass is 35.5. The van der Waals surface area contributed by atoms with Gasteiger partial charge in [-0.05, 0) is 66.4 Å². The minimum absolute atomic E-state index is 0.106. The molecule has 1 N–H and O–H groups in total. The van der Waals surface area contributed by atoms with Crippen LogP contribution in [0.5, 0.6) is 0 Å². The topological polar surface area (TPSA) is 49.4 Å².